The van der Waals surface area contributed by atoms with Gasteiger partial charge < -0.3 is 9.64 Å². The van der Waals surface area contributed by atoms with Gasteiger partial charge in [-0.1, -0.05) is 11.6 Å². The van der Waals surface area contributed by atoms with Gasteiger partial charge in [0.1, 0.15) is 16.5 Å². The fraction of sp³-hybridized carbons (Fsp3) is 0.455. The Morgan fingerprint density at radius 1 is 1.65 bits per heavy atom. The minimum absolute atomic E-state index is 0.0539. The van der Waals surface area contributed by atoms with E-state index in [2.05, 4.69) is 4.98 Å². The molecule has 1 aliphatic heterocycles. The molecule has 2 heterocycles. The Labute approximate surface area is 109 Å². The Kier molecular flexibility index (Phi) is 3.74. The van der Waals surface area contributed by atoms with Crippen LogP contribution in [-0.4, -0.2) is 40.4 Å². The Morgan fingerprint density at radius 3 is 2.94 bits per heavy atom. The third-order valence-electron chi connectivity index (χ3n) is 2.50. The first-order valence-corrected chi connectivity index (χ1v) is 6.09. The van der Waals surface area contributed by atoms with Crippen molar-refractivity contribution in [1.82, 2.24) is 9.88 Å². The molecule has 4 nitrogen and oxygen atoms in total. The molecule has 0 bridgehead atoms. The molecule has 2 rings (SSSR count). The van der Waals surface area contributed by atoms with Crippen molar-refractivity contribution in [2.24, 2.45) is 0 Å². The van der Waals surface area contributed by atoms with Crippen LogP contribution >= 0.6 is 23.2 Å². The van der Waals surface area contributed by atoms with Gasteiger partial charge >= 0.3 is 0 Å². The standard InChI is InChI=1S/C11H12Cl2N2O2/c1-7(12)11(16)15-5-8(6-15)17-10-9(13)3-2-4-14-10/h2-4,7-8H,5-6H2,1H3. The van der Waals surface area contributed by atoms with Crippen molar-refractivity contribution in [3.8, 4) is 5.88 Å². The fourth-order valence-corrected chi connectivity index (χ4v) is 1.86. The summed E-state index contributed by atoms with van der Waals surface area (Å²) in [5.41, 5.74) is 0. The van der Waals surface area contributed by atoms with E-state index in [1.807, 2.05) is 0 Å². The summed E-state index contributed by atoms with van der Waals surface area (Å²) in [5, 5.41) is -0.0163. The first kappa shape index (κ1) is 12.5. The maximum absolute atomic E-state index is 11.5. The molecular weight excluding hydrogens is 263 g/mol. The molecule has 0 aliphatic carbocycles. The van der Waals surface area contributed by atoms with E-state index in [0.29, 0.717) is 24.0 Å². The fourth-order valence-electron chi connectivity index (χ4n) is 1.56. The third-order valence-corrected chi connectivity index (χ3v) is 2.98. The lowest BCUT2D eigenvalue weighted by atomic mass is 10.1. The average Bonchev–Trinajstić information content (AvgIpc) is 2.24. The average molecular weight is 275 g/mol. The molecule has 1 saturated heterocycles. The van der Waals surface area contributed by atoms with E-state index >= 15 is 0 Å². The van der Waals surface area contributed by atoms with E-state index in [4.69, 9.17) is 27.9 Å². The SMILES string of the molecule is CC(Cl)C(=O)N1CC(Oc2ncccc2Cl)C1. The molecule has 0 aromatic carbocycles. The lowest BCUT2D eigenvalue weighted by Gasteiger charge is -2.39. The number of rotatable bonds is 3. The van der Waals surface area contributed by atoms with Crippen LogP contribution in [0.1, 0.15) is 6.92 Å². The van der Waals surface area contributed by atoms with Crippen molar-refractivity contribution in [3.05, 3.63) is 23.4 Å². The third kappa shape index (κ3) is 2.82. The number of amides is 1. The van der Waals surface area contributed by atoms with Gasteiger partial charge in [-0.25, -0.2) is 4.98 Å². The Morgan fingerprint density at radius 2 is 2.35 bits per heavy atom. The number of halogens is 2. The van der Waals surface area contributed by atoms with Crippen LogP contribution in [0.15, 0.2) is 18.3 Å². The Hall–Kier alpha value is -1.00. The first-order valence-electron chi connectivity index (χ1n) is 5.28. The second-order valence-corrected chi connectivity index (χ2v) is 4.95. The molecule has 6 heteroatoms. The second kappa shape index (κ2) is 5.10. The predicted molar refractivity (Wildman–Crippen MR) is 65.6 cm³/mol. The molecule has 1 fully saturated rings. The van der Waals surface area contributed by atoms with Gasteiger partial charge in [-0.15, -0.1) is 11.6 Å². The molecule has 92 valence electrons. The van der Waals surface area contributed by atoms with Gasteiger partial charge in [0.25, 0.3) is 0 Å². The number of carbonyl (C=O) groups is 1. The summed E-state index contributed by atoms with van der Waals surface area (Å²) < 4.78 is 5.56. The van der Waals surface area contributed by atoms with Gasteiger partial charge in [0.15, 0.2) is 0 Å². The van der Waals surface area contributed by atoms with Crippen LogP contribution in [0.25, 0.3) is 0 Å². The van der Waals surface area contributed by atoms with E-state index in [1.165, 1.54) is 0 Å². The number of carbonyl (C=O) groups excluding carboxylic acids is 1. The maximum atomic E-state index is 11.5. The number of hydrogen-bond donors (Lipinski definition) is 0. The lowest BCUT2D eigenvalue weighted by molar-refractivity contribution is -0.139. The number of hydrogen-bond acceptors (Lipinski definition) is 3. The number of nitrogens with zero attached hydrogens (tertiary/aromatic N) is 2. The highest BCUT2D eigenvalue weighted by molar-refractivity contribution is 6.31. The van der Waals surface area contributed by atoms with E-state index in [-0.39, 0.29) is 12.0 Å². The smallest absolute Gasteiger partial charge is 0.240 e. The predicted octanol–water partition coefficient (Wildman–Crippen LogP) is 1.95. The minimum Gasteiger partial charge on any atom is -0.470 e. The highest BCUT2D eigenvalue weighted by Gasteiger charge is 2.34. The summed E-state index contributed by atoms with van der Waals surface area (Å²) in [4.78, 5) is 17.2. The topological polar surface area (TPSA) is 42.4 Å². The van der Waals surface area contributed by atoms with Crippen molar-refractivity contribution < 1.29 is 9.53 Å². The molecule has 0 spiro atoms. The summed E-state index contributed by atoms with van der Waals surface area (Å²) in [6.07, 6.45) is 1.56. The lowest BCUT2D eigenvalue weighted by Crippen LogP contribution is -2.57. The normalized spacial score (nSPS) is 17.5. The van der Waals surface area contributed by atoms with Crippen molar-refractivity contribution in [2.75, 3.05) is 13.1 Å². The molecule has 1 amide bonds. The van der Waals surface area contributed by atoms with Crippen molar-refractivity contribution in [3.63, 3.8) is 0 Å². The molecule has 1 aliphatic rings. The van der Waals surface area contributed by atoms with E-state index in [9.17, 15) is 4.79 Å². The number of ether oxygens (including phenoxy) is 1. The van der Waals surface area contributed by atoms with Crippen LogP contribution in [0.3, 0.4) is 0 Å². The van der Waals surface area contributed by atoms with Crippen LogP contribution in [0.2, 0.25) is 5.02 Å². The zero-order valence-electron chi connectivity index (χ0n) is 9.27. The van der Waals surface area contributed by atoms with Crippen LogP contribution in [0, 0.1) is 0 Å². The largest absolute Gasteiger partial charge is 0.470 e. The molecule has 0 N–H and O–H groups in total. The zero-order chi connectivity index (χ0) is 12.4. The number of pyridine rings is 1. The monoisotopic (exact) mass is 274 g/mol. The number of likely N-dealkylation sites (tertiary alicyclic amines) is 1. The van der Waals surface area contributed by atoms with Crippen LogP contribution in [-0.2, 0) is 4.79 Å². The second-order valence-electron chi connectivity index (χ2n) is 3.89. The number of aromatic nitrogens is 1. The molecule has 1 aromatic rings. The highest BCUT2D eigenvalue weighted by atomic mass is 35.5. The molecule has 0 radical (unpaired) electrons. The number of alkyl halides is 1. The quantitative estimate of drug-likeness (QED) is 0.792. The van der Waals surface area contributed by atoms with Crippen LogP contribution < -0.4 is 4.74 Å². The van der Waals surface area contributed by atoms with Crippen molar-refractivity contribution >= 4 is 29.1 Å². The Bertz CT molecular complexity index is 420. The van der Waals surface area contributed by atoms with Gasteiger partial charge in [0.2, 0.25) is 11.8 Å². The van der Waals surface area contributed by atoms with Crippen LogP contribution in [0.4, 0.5) is 0 Å². The maximum Gasteiger partial charge on any atom is 0.240 e. The summed E-state index contributed by atoms with van der Waals surface area (Å²) in [6.45, 7) is 2.72. The first-order chi connectivity index (χ1) is 8.08. The van der Waals surface area contributed by atoms with Gasteiger partial charge in [0, 0.05) is 6.20 Å². The zero-order valence-corrected chi connectivity index (χ0v) is 10.8. The summed E-state index contributed by atoms with van der Waals surface area (Å²) in [5.74, 6) is 0.337. The molecule has 0 saturated carbocycles. The van der Waals surface area contributed by atoms with Gasteiger partial charge in [-0.3, -0.25) is 4.79 Å². The van der Waals surface area contributed by atoms with Gasteiger partial charge in [0.05, 0.1) is 13.1 Å². The molecule has 17 heavy (non-hydrogen) atoms. The van der Waals surface area contributed by atoms with Crippen molar-refractivity contribution in [1.29, 1.82) is 0 Å². The molecule has 1 aromatic heterocycles. The summed E-state index contributed by atoms with van der Waals surface area (Å²) >= 11 is 11.6. The van der Waals surface area contributed by atoms with Crippen LogP contribution in [0.5, 0.6) is 5.88 Å². The van der Waals surface area contributed by atoms with E-state index < -0.39 is 5.38 Å². The van der Waals surface area contributed by atoms with E-state index in [0.717, 1.165) is 0 Å². The van der Waals surface area contributed by atoms with Gasteiger partial charge in [-0.2, -0.15) is 0 Å². The van der Waals surface area contributed by atoms with E-state index in [1.54, 1.807) is 30.2 Å². The minimum atomic E-state index is -0.491. The summed E-state index contributed by atoms with van der Waals surface area (Å²) in [7, 11) is 0. The Balaban J connectivity index is 1.86. The molecular formula is C11H12Cl2N2O2. The van der Waals surface area contributed by atoms with Crippen molar-refractivity contribution in [2.45, 2.75) is 18.4 Å². The highest BCUT2D eigenvalue weighted by Crippen LogP contribution is 2.24. The summed E-state index contributed by atoms with van der Waals surface area (Å²) in [6, 6.07) is 3.45. The molecule has 1 atom stereocenters. The van der Waals surface area contributed by atoms with Gasteiger partial charge in [-0.05, 0) is 19.1 Å². The molecule has 1 unspecified atom stereocenters.